The molecule has 5 heteroatoms. The number of benzene rings is 1. The second-order valence-electron chi connectivity index (χ2n) is 6.71. The number of pyridine rings is 1. The number of furan rings is 1. The fourth-order valence-corrected chi connectivity index (χ4v) is 3.49. The largest absolute Gasteiger partial charge is 0.460 e. The fraction of sp³-hybridized carbons (Fsp3) is 0.333. The quantitative estimate of drug-likeness (QED) is 0.725. The normalized spacial score (nSPS) is 15.5. The van der Waals surface area contributed by atoms with E-state index in [1.54, 1.807) is 0 Å². The lowest BCUT2D eigenvalue weighted by Crippen LogP contribution is -2.48. The number of amides is 1. The third-order valence-electron chi connectivity index (χ3n) is 5.05. The summed E-state index contributed by atoms with van der Waals surface area (Å²) in [5.74, 6) is 1.60. The summed E-state index contributed by atoms with van der Waals surface area (Å²) in [7, 11) is 0. The number of hydrogen-bond donors (Lipinski definition) is 0. The first-order valence-corrected chi connectivity index (χ1v) is 9.14. The van der Waals surface area contributed by atoms with Crippen LogP contribution in [0.2, 0.25) is 0 Å². The highest BCUT2D eigenvalue weighted by atomic mass is 16.3. The Morgan fingerprint density at radius 3 is 2.58 bits per heavy atom. The summed E-state index contributed by atoms with van der Waals surface area (Å²) in [6.45, 7) is 8.47. The minimum Gasteiger partial charge on any atom is -0.460 e. The van der Waals surface area contributed by atoms with Gasteiger partial charge in [-0.2, -0.15) is 0 Å². The van der Waals surface area contributed by atoms with Gasteiger partial charge >= 0.3 is 0 Å². The van der Waals surface area contributed by atoms with Crippen molar-refractivity contribution in [2.24, 2.45) is 0 Å². The summed E-state index contributed by atoms with van der Waals surface area (Å²) < 4.78 is 5.73. The lowest BCUT2D eigenvalue weighted by atomic mass is 10.0. The Bertz CT molecular complexity index is 939. The van der Waals surface area contributed by atoms with E-state index in [0.717, 1.165) is 49.4 Å². The molecule has 0 radical (unpaired) electrons. The molecule has 1 fully saturated rings. The molecule has 2 aromatic heterocycles. The van der Waals surface area contributed by atoms with E-state index in [2.05, 4.69) is 11.8 Å². The molecular weight excluding hydrogens is 326 g/mol. The zero-order valence-electron chi connectivity index (χ0n) is 15.2. The zero-order chi connectivity index (χ0) is 18.1. The van der Waals surface area contributed by atoms with Crippen molar-refractivity contribution < 1.29 is 9.21 Å². The first-order valence-electron chi connectivity index (χ1n) is 9.14. The molecule has 0 N–H and O–H groups in total. The molecule has 26 heavy (non-hydrogen) atoms. The molecule has 1 amide bonds. The highest BCUT2D eigenvalue weighted by Gasteiger charge is 2.24. The topological polar surface area (TPSA) is 49.6 Å². The highest BCUT2D eigenvalue weighted by Crippen LogP contribution is 2.27. The van der Waals surface area contributed by atoms with E-state index in [4.69, 9.17) is 9.40 Å². The first kappa shape index (κ1) is 16.8. The highest BCUT2D eigenvalue weighted by molar-refractivity contribution is 6.07. The SMILES string of the molecule is CCN1CCN(C(=O)c2cc(-c3ccc(C)o3)nc3ccccc23)CC1. The number of para-hydroxylation sites is 1. The predicted molar refractivity (Wildman–Crippen MR) is 102 cm³/mol. The summed E-state index contributed by atoms with van der Waals surface area (Å²) in [5.41, 5.74) is 2.21. The minimum absolute atomic E-state index is 0.0730. The number of carbonyl (C=O) groups is 1. The van der Waals surface area contributed by atoms with Gasteiger partial charge in [0.15, 0.2) is 5.76 Å². The molecule has 3 aromatic rings. The molecule has 134 valence electrons. The van der Waals surface area contributed by atoms with Crippen molar-refractivity contribution in [1.82, 2.24) is 14.8 Å². The van der Waals surface area contributed by atoms with Gasteiger partial charge in [-0.25, -0.2) is 4.98 Å². The van der Waals surface area contributed by atoms with Crippen LogP contribution in [0.4, 0.5) is 0 Å². The number of fused-ring (bicyclic) bond motifs is 1. The summed E-state index contributed by atoms with van der Waals surface area (Å²) in [6, 6.07) is 13.5. The molecule has 0 atom stereocenters. The number of aryl methyl sites for hydroxylation is 1. The van der Waals surface area contributed by atoms with Gasteiger partial charge in [0.2, 0.25) is 0 Å². The molecule has 4 rings (SSSR count). The van der Waals surface area contributed by atoms with Gasteiger partial charge < -0.3 is 14.2 Å². The maximum Gasteiger partial charge on any atom is 0.254 e. The minimum atomic E-state index is 0.0730. The van der Waals surface area contributed by atoms with E-state index in [1.807, 2.05) is 54.3 Å². The number of carbonyl (C=O) groups excluding carboxylic acids is 1. The van der Waals surface area contributed by atoms with Gasteiger partial charge in [-0.05, 0) is 37.7 Å². The standard InChI is InChI=1S/C21H23N3O2/c1-3-23-10-12-24(13-11-23)21(25)17-14-19(20-9-8-15(2)26-20)22-18-7-5-4-6-16(17)18/h4-9,14H,3,10-13H2,1-2H3. The summed E-state index contributed by atoms with van der Waals surface area (Å²) in [5, 5.41) is 0.891. The molecule has 0 spiro atoms. The van der Waals surface area contributed by atoms with Crippen molar-refractivity contribution in [3.8, 4) is 11.5 Å². The second kappa shape index (κ2) is 6.92. The molecule has 0 saturated carbocycles. The van der Waals surface area contributed by atoms with Gasteiger partial charge in [-0.3, -0.25) is 4.79 Å². The Kier molecular flexibility index (Phi) is 4.47. The van der Waals surface area contributed by atoms with Crippen LogP contribution in [-0.4, -0.2) is 53.4 Å². The predicted octanol–water partition coefficient (Wildman–Crippen LogP) is 3.58. The number of rotatable bonds is 3. The van der Waals surface area contributed by atoms with Gasteiger partial charge in [-0.1, -0.05) is 25.1 Å². The van der Waals surface area contributed by atoms with Gasteiger partial charge in [0.25, 0.3) is 5.91 Å². The number of aromatic nitrogens is 1. The molecular formula is C21H23N3O2. The first-order chi connectivity index (χ1) is 12.7. The summed E-state index contributed by atoms with van der Waals surface area (Å²) in [4.78, 5) is 22.3. The van der Waals surface area contributed by atoms with Crippen LogP contribution in [0.1, 0.15) is 23.0 Å². The molecule has 0 aliphatic carbocycles. The summed E-state index contributed by atoms with van der Waals surface area (Å²) in [6.07, 6.45) is 0. The average Bonchev–Trinajstić information content (AvgIpc) is 3.13. The Morgan fingerprint density at radius 1 is 1.12 bits per heavy atom. The fourth-order valence-electron chi connectivity index (χ4n) is 3.49. The maximum absolute atomic E-state index is 13.2. The number of piperazine rings is 1. The van der Waals surface area contributed by atoms with E-state index in [0.29, 0.717) is 17.0 Å². The third kappa shape index (κ3) is 3.10. The molecule has 1 aliphatic heterocycles. The molecule has 1 aliphatic rings. The van der Waals surface area contributed by atoms with Crippen molar-refractivity contribution in [3.05, 3.63) is 53.8 Å². The zero-order valence-corrected chi connectivity index (χ0v) is 15.2. The van der Waals surface area contributed by atoms with E-state index >= 15 is 0 Å². The van der Waals surface area contributed by atoms with Crippen LogP contribution in [0, 0.1) is 6.92 Å². The molecule has 1 aromatic carbocycles. The smallest absolute Gasteiger partial charge is 0.254 e. The van der Waals surface area contributed by atoms with Gasteiger partial charge in [0.05, 0.1) is 11.1 Å². The van der Waals surface area contributed by atoms with E-state index in [-0.39, 0.29) is 5.91 Å². The summed E-state index contributed by atoms with van der Waals surface area (Å²) >= 11 is 0. The van der Waals surface area contributed by atoms with Crippen LogP contribution >= 0.6 is 0 Å². The molecule has 0 bridgehead atoms. The molecule has 5 nitrogen and oxygen atoms in total. The van der Waals surface area contributed by atoms with E-state index in [1.165, 1.54) is 0 Å². The second-order valence-corrected chi connectivity index (χ2v) is 6.71. The lowest BCUT2D eigenvalue weighted by Gasteiger charge is -2.34. The van der Waals surface area contributed by atoms with Crippen LogP contribution < -0.4 is 0 Å². The third-order valence-corrected chi connectivity index (χ3v) is 5.05. The van der Waals surface area contributed by atoms with Crippen LogP contribution in [0.25, 0.3) is 22.4 Å². The van der Waals surface area contributed by atoms with Crippen molar-refractivity contribution >= 4 is 16.8 Å². The maximum atomic E-state index is 13.2. The van der Waals surface area contributed by atoms with Gasteiger partial charge in [0, 0.05) is 31.6 Å². The number of likely N-dealkylation sites (N-methyl/N-ethyl adjacent to an activating group) is 1. The van der Waals surface area contributed by atoms with Crippen LogP contribution in [0.3, 0.4) is 0 Å². The van der Waals surface area contributed by atoms with Gasteiger partial charge in [0.1, 0.15) is 11.5 Å². The van der Waals surface area contributed by atoms with Crippen molar-refractivity contribution in [2.75, 3.05) is 32.7 Å². The van der Waals surface area contributed by atoms with Crippen LogP contribution in [0.5, 0.6) is 0 Å². The Hall–Kier alpha value is -2.66. The van der Waals surface area contributed by atoms with E-state index in [9.17, 15) is 4.79 Å². The monoisotopic (exact) mass is 349 g/mol. The van der Waals surface area contributed by atoms with Crippen LogP contribution in [-0.2, 0) is 0 Å². The number of nitrogens with zero attached hydrogens (tertiary/aromatic N) is 3. The average molecular weight is 349 g/mol. The molecule has 3 heterocycles. The Balaban J connectivity index is 1.74. The Labute approximate surface area is 153 Å². The molecule has 0 unspecified atom stereocenters. The van der Waals surface area contributed by atoms with Crippen molar-refractivity contribution in [1.29, 1.82) is 0 Å². The van der Waals surface area contributed by atoms with E-state index < -0.39 is 0 Å². The Morgan fingerprint density at radius 2 is 1.88 bits per heavy atom. The van der Waals surface area contributed by atoms with Crippen molar-refractivity contribution in [2.45, 2.75) is 13.8 Å². The van der Waals surface area contributed by atoms with Crippen molar-refractivity contribution in [3.63, 3.8) is 0 Å². The lowest BCUT2D eigenvalue weighted by molar-refractivity contribution is 0.0645. The van der Waals surface area contributed by atoms with Crippen LogP contribution in [0.15, 0.2) is 46.9 Å². The molecule has 1 saturated heterocycles. The van der Waals surface area contributed by atoms with Gasteiger partial charge in [-0.15, -0.1) is 0 Å². The number of hydrogen-bond acceptors (Lipinski definition) is 4.